The molecule has 46 heavy (non-hydrogen) atoms. The molecule has 2 aromatic carbocycles. The number of sulfonamides is 1. The minimum absolute atomic E-state index is 0.0164. The first-order valence-electron chi connectivity index (χ1n) is 14.3. The van der Waals surface area contributed by atoms with Gasteiger partial charge < -0.3 is 14.6 Å². The average Bonchev–Trinajstić information content (AvgIpc) is 3.58. The van der Waals surface area contributed by atoms with Gasteiger partial charge in [-0.25, -0.2) is 21.1 Å². The molecule has 0 spiro atoms. The molecular weight excluding hydrogens is 672 g/mol. The second-order valence-electron chi connectivity index (χ2n) is 11.9. The zero-order valence-corrected chi connectivity index (χ0v) is 30.4. The monoisotopic (exact) mass is 710 g/mol. The van der Waals surface area contributed by atoms with E-state index >= 15 is 0 Å². The standard InChI is InChI=1S/C29H39ClN6O7S2Si/c1-9-45(40,41)35(15-16-46(6,7)8)29-32-31-28(36(29)26-23(42-3)11-10-12-24(26)43-4)21-18-22(34(2)33-21)27(37)20-14-13-19(30)17-25(20)44(5,38)39/h10-14,17-18,27,37H,9,15-16H2,1-8H3/t27-/m0/s1. The molecule has 0 saturated carbocycles. The Hall–Kier alpha value is -3.44. The molecule has 2 heterocycles. The van der Waals surface area contributed by atoms with Crippen molar-refractivity contribution < 1.29 is 31.4 Å². The number of aliphatic hydroxyl groups is 1. The van der Waals surface area contributed by atoms with Crippen LogP contribution in [0.15, 0.2) is 47.4 Å². The van der Waals surface area contributed by atoms with Crippen molar-refractivity contribution in [1.82, 2.24) is 24.5 Å². The summed E-state index contributed by atoms with van der Waals surface area (Å²) in [6.07, 6.45) is -0.384. The smallest absolute Gasteiger partial charge is 0.246 e. The van der Waals surface area contributed by atoms with Crippen LogP contribution in [0, 0.1) is 0 Å². The molecule has 0 aliphatic heterocycles. The molecule has 4 aromatic rings. The summed E-state index contributed by atoms with van der Waals surface area (Å²) >= 11 is 6.08. The topological polar surface area (TPSA) is 159 Å². The number of nitrogens with zero attached hydrogens (tertiary/aromatic N) is 6. The van der Waals surface area contributed by atoms with Crippen molar-refractivity contribution >= 4 is 45.5 Å². The maximum Gasteiger partial charge on any atom is 0.246 e. The number of anilines is 1. The molecule has 0 fully saturated rings. The Morgan fingerprint density at radius 1 is 1.02 bits per heavy atom. The molecule has 0 unspecified atom stereocenters. The van der Waals surface area contributed by atoms with Crippen molar-refractivity contribution in [2.75, 3.05) is 37.1 Å². The molecule has 0 amide bonds. The van der Waals surface area contributed by atoms with E-state index in [1.807, 2.05) is 0 Å². The van der Waals surface area contributed by atoms with Crippen molar-refractivity contribution in [3.8, 4) is 28.7 Å². The molecule has 17 heteroatoms. The van der Waals surface area contributed by atoms with Crippen LogP contribution in [0.25, 0.3) is 17.2 Å². The molecule has 0 aliphatic carbocycles. The lowest BCUT2D eigenvalue weighted by Gasteiger charge is -2.27. The predicted molar refractivity (Wildman–Crippen MR) is 180 cm³/mol. The highest BCUT2D eigenvalue weighted by atomic mass is 35.5. The third-order valence-electron chi connectivity index (χ3n) is 7.35. The lowest BCUT2D eigenvalue weighted by atomic mass is 10.1. The fraction of sp³-hybridized carbons (Fsp3) is 0.414. The number of benzene rings is 2. The minimum Gasteiger partial charge on any atom is -0.494 e. The molecular formula is C29H39ClN6O7S2Si. The van der Waals surface area contributed by atoms with Gasteiger partial charge in [-0.3, -0.25) is 9.25 Å². The Bertz CT molecular complexity index is 1930. The van der Waals surface area contributed by atoms with E-state index in [0.717, 1.165) is 6.26 Å². The molecule has 0 radical (unpaired) electrons. The summed E-state index contributed by atoms with van der Waals surface area (Å²) in [6, 6.07) is 11.6. The highest BCUT2D eigenvalue weighted by Gasteiger charge is 2.33. The van der Waals surface area contributed by atoms with E-state index in [2.05, 4.69) is 34.9 Å². The summed E-state index contributed by atoms with van der Waals surface area (Å²) in [5, 5.41) is 25.1. The first-order valence-corrected chi connectivity index (χ1v) is 21.9. The van der Waals surface area contributed by atoms with Gasteiger partial charge in [0.05, 0.1) is 30.6 Å². The number of aromatic nitrogens is 5. The van der Waals surface area contributed by atoms with Gasteiger partial charge in [0.2, 0.25) is 16.0 Å². The van der Waals surface area contributed by atoms with Crippen LogP contribution >= 0.6 is 11.6 Å². The average molecular weight is 711 g/mol. The van der Waals surface area contributed by atoms with Gasteiger partial charge in [0.25, 0.3) is 0 Å². The summed E-state index contributed by atoms with van der Waals surface area (Å²) in [5.41, 5.74) is 0.914. The quantitative estimate of drug-likeness (QED) is 0.198. The van der Waals surface area contributed by atoms with Gasteiger partial charge in [0.1, 0.15) is 29.0 Å². The number of halogens is 1. The van der Waals surface area contributed by atoms with E-state index in [1.165, 1.54) is 52.0 Å². The normalized spacial score (nSPS) is 13.1. The third kappa shape index (κ3) is 7.25. The molecule has 1 atom stereocenters. The van der Waals surface area contributed by atoms with Crippen LogP contribution in [0.5, 0.6) is 11.5 Å². The van der Waals surface area contributed by atoms with Crippen molar-refractivity contribution in [3.05, 3.63) is 58.7 Å². The largest absolute Gasteiger partial charge is 0.494 e. The van der Waals surface area contributed by atoms with Crippen LogP contribution in [0.1, 0.15) is 24.3 Å². The van der Waals surface area contributed by atoms with Crippen LogP contribution in [-0.2, 0) is 26.9 Å². The zero-order valence-electron chi connectivity index (χ0n) is 27.0. The number of hydrogen-bond acceptors (Lipinski definition) is 10. The van der Waals surface area contributed by atoms with Crippen molar-refractivity contribution in [2.24, 2.45) is 7.05 Å². The Labute approximate surface area is 275 Å². The number of methoxy groups -OCH3 is 2. The van der Waals surface area contributed by atoms with Gasteiger partial charge >= 0.3 is 0 Å². The second kappa shape index (κ2) is 13.3. The van der Waals surface area contributed by atoms with E-state index in [0.29, 0.717) is 23.2 Å². The van der Waals surface area contributed by atoms with E-state index in [9.17, 15) is 21.9 Å². The molecule has 2 aromatic heterocycles. The van der Waals surface area contributed by atoms with Gasteiger partial charge in [-0.2, -0.15) is 5.10 Å². The molecule has 0 saturated heterocycles. The molecule has 0 aliphatic rings. The summed E-state index contributed by atoms with van der Waals surface area (Å²) in [7, 11) is -4.75. The summed E-state index contributed by atoms with van der Waals surface area (Å²) in [4.78, 5) is -0.123. The second-order valence-corrected chi connectivity index (χ2v) is 22.1. The number of ether oxygens (including phenoxy) is 2. The minimum atomic E-state index is -3.83. The molecule has 13 nitrogen and oxygen atoms in total. The Balaban J connectivity index is 2.00. The molecule has 0 bridgehead atoms. The molecule has 4 rings (SSSR count). The number of sulfone groups is 1. The zero-order chi connectivity index (χ0) is 34.2. The van der Waals surface area contributed by atoms with Crippen LogP contribution in [0.3, 0.4) is 0 Å². The third-order valence-corrected chi connectivity index (χ3v) is 12.2. The number of hydrogen-bond donors (Lipinski definition) is 1. The number of rotatable bonds is 13. The van der Waals surface area contributed by atoms with Crippen LogP contribution in [0.2, 0.25) is 30.7 Å². The predicted octanol–water partition coefficient (Wildman–Crippen LogP) is 4.32. The van der Waals surface area contributed by atoms with E-state index in [4.69, 9.17) is 21.1 Å². The number of para-hydroxylation sites is 1. The van der Waals surface area contributed by atoms with Gasteiger partial charge in [-0.1, -0.05) is 43.4 Å². The van der Waals surface area contributed by atoms with Gasteiger partial charge in [0.15, 0.2) is 15.7 Å². The number of aryl methyl sites for hydroxylation is 1. The van der Waals surface area contributed by atoms with Crippen molar-refractivity contribution in [2.45, 2.75) is 43.6 Å². The molecule has 1 N–H and O–H groups in total. The molecule has 250 valence electrons. The maximum atomic E-state index is 13.6. The highest BCUT2D eigenvalue weighted by Crippen LogP contribution is 2.40. The number of aliphatic hydroxyl groups excluding tert-OH is 1. The van der Waals surface area contributed by atoms with Crippen LogP contribution in [-0.4, -0.2) is 87.3 Å². The summed E-state index contributed by atoms with van der Waals surface area (Å²) < 4.78 is 67.9. The SMILES string of the molecule is CCS(=O)(=O)N(CC[Si](C)(C)C)c1nnc(-c2cc([C@@H](O)c3ccc(Cl)cc3S(C)(=O)=O)n(C)n2)n1-c1c(OC)cccc1OC. The Morgan fingerprint density at radius 3 is 2.20 bits per heavy atom. The van der Waals surface area contributed by atoms with E-state index in [-0.39, 0.29) is 50.9 Å². The Morgan fingerprint density at radius 2 is 1.65 bits per heavy atom. The highest BCUT2D eigenvalue weighted by molar-refractivity contribution is 7.92. The first kappa shape index (κ1) is 35.4. The van der Waals surface area contributed by atoms with Gasteiger partial charge in [-0.05, 0) is 43.3 Å². The van der Waals surface area contributed by atoms with E-state index < -0.39 is 34.0 Å². The van der Waals surface area contributed by atoms with Crippen molar-refractivity contribution in [3.63, 3.8) is 0 Å². The lowest BCUT2D eigenvalue weighted by molar-refractivity contribution is 0.206. The van der Waals surface area contributed by atoms with Crippen molar-refractivity contribution in [1.29, 1.82) is 0 Å². The summed E-state index contributed by atoms with van der Waals surface area (Å²) in [6.45, 7) is 8.20. The van der Waals surface area contributed by atoms with Gasteiger partial charge in [0, 0.05) is 38.5 Å². The lowest BCUT2D eigenvalue weighted by Crippen LogP contribution is -2.38. The maximum absolute atomic E-state index is 13.6. The van der Waals surface area contributed by atoms with Crippen LogP contribution < -0.4 is 13.8 Å². The fourth-order valence-corrected chi connectivity index (χ4v) is 8.17. The fourth-order valence-electron chi connectivity index (χ4n) is 4.88. The van der Waals surface area contributed by atoms with Crippen LogP contribution in [0.4, 0.5) is 5.95 Å². The van der Waals surface area contributed by atoms with E-state index in [1.54, 1.807) is 32.2 Å². The Kier molecular flexibility index (Phi) is 10.3. The summed E-state index contributed by atoms with van der Waals surface area (Å²) in [5.74, 6) is 0.693. The first-order chi connectivity index (χ1) is 21.4. The van der Waals surface area contributed by atoms with Gasteiger partial charge in [-0.15, -0.1) is 10.2 Å².